The normalized spacial score (nSPS) is 10.8. The second kappa shape index (κ2) is 5.35. The maximum absolute atomic E-state index is 11.3. The summed E-state index contributed by atoms with van der Waals surface area (Å²) in [4.78, 5) is 25.0. The van der Waals surface area contributed by atoms with E-state index in [2.05, 4.69) is 4.98 Å². The second-order valence-electron chi connectivity index (χ2n) is 3.97. The van der Waals surface area contributed by atoms with E-state index < -0.39 is 10.5 Å². The van der Waals surface area contributed by atoms with Gasteiger partial charge < -0.3 is 9.52 Å². The standard InChI is InChI=1S/C13H10N2O5/c1-8-12(16)14-11(20-13(8)17)7-4-9-2-5-10(6-3-9)15(18)19/h2-7,16H,1H3. The Bertz CT molecular complexity index is 731. The van der Waals surface area contributed by atoms with Crippen molar-refractivity contribution in [2.45, 2.75) is 6.92 Å². The summed E-state index contributed by atoms with van der Waals surface area (Å²) < 4.78 is 4.85. The number of nitro benzene ring substituents is 1. The number of hydrogen-bond donors (Lipinski definition) is 1. The molecule has 20 heavy (non-hydrogen) atoms. The van der Waals surface area contributed by atoms with Crippen molar-refractivity contribution in [3.63, 3.8) is 0 Å². The highest BCUT2D eigenvalue weighted by Gasteiger charge is 2.06. The first kappa shape index (κ1) is 13.5. The smallest absolute Gasteiger partial charge is 0.345 e. The second-order valence-corrected chi connectivity index (χ2v) is 3.97. The lowest BCUT2D eigenvalue weighted by Crippen LogP contribution is -2.05. The Hall–Kier alpha value is -2.96. The van der Waals surface area contributed by atoms with Crippen LogP contribution in [0.15, 0.2) is 33.5 Å². The van der Waals surface area contributed by atoms with Gasteiger partial charge >= 0.3 is 5.63 Å². The molecule has 1 N–H and O–H groups in total. The minimum atomic E-state index is -0.666. The van der Waals surface area contributed by atoms with E-state index in [0.29, 0.717) is 5.56 Å². The van der Waals surface area contributed by atoms with Crippen molar-refractivity contribution in [1.29, 1.82) is 0 Å². The fourth-order valence-corrected chi connectivity index (χ4v) is 1.42. The molecule has 0 unspecified atom stereocenters. The van der Waals surface area contributed by atoms with E-state index >= 15 is 0 Å². The van der Waals surface area contributed by atoms with Crippen molar-refractivity contribution in [1.82, 2.24) is 4.98 Å². The van der Waals surface area contributed by atoms with Crippen LogP contribution in [0.5, 0.6) is 5.88 Å². The maximum Gasteiger partial charge on any atom is 0.345 e. The van der Waals surface area contributed by atoms with Crippen LogP contribution in [0.2, 0.25) is 0 Å². The summed E-state index contributed by atoms with van der Waals surface area (Å²) >= 11 is 0. The molecule has 0 fully saturated rings. The Balaban J connectivity index is 2.25. The molecule has 1 aromatic carbocycles. The van der Waals surface area contributed by atoms with Gasteiger partial charge in [-0.2, -0.15) is 4.98 Å². The van der Waals surface area contributed by atoms with Crippen molar-refractivity contribution >= 4 is 17.8 Å². The molecule has 7 nitrogen and oxygen atoms in total. The molecule has 0 aliphatic heterocycles. The Morgan fingerprint density at radius 1 is 1.30 bits per heavy atom. The van der Waals surface area contributed by atoms with E-state index in [1.165, 1.54) is 25.1 Å². The van der Waals surface area contributed by atoms with Crippen LogP contribution in [-0.2, 0) is 0 Å². The molecule has 0 aliphatic rings. The largest absolute Gasteiger partial charge is 0.493 e. The molecule has 2 rings (SSSR count). The number of benzene rings is 1. The van der Waals surface area contributed by atoms with Crippen molar-refractivity contribution in [3.8, 4) is 5.88 Å². The molecule has 0 atom stereocenters. The predicted octanol–water partition coefficient (Wildman–Crippen LogP) is 2.13. The SMILES string of the molecule is Cc1c(O)nc(C=Cc2ccc([N+](=O)[O-])cc2)oc1=O. The van der Waals surface area contributed by atoms with Gasteiger partial charge in [0.15, 0.2) is 0 Å². The minimum Gasteiger partial charge on any atom is -0.493 e. The third kappa shape index (κ3) is 2.89. The zero-order valence-corrected chi connectivity index (χ0v) is 10.4. The predicted molar refractivity (Wildman–Crippen MR) is 71.2 cm³/mol. The average Bonchev–Trinajstić information content (AvgIpc) is 2.42. The molecular formula is C13H10N2O5. The van der Waals surface area contributed by atoms with Gasteiger partial charge in [0.2, 0.25) is 11.8 Å². The van der Waals surface area contributed by atoms with Gasteiger partial charge in [0.25, 0.3) is 5.69 Å². The zero-order valence-electron chi connectivity index (χ0n) is 10.4. The summed E-state index contributed by atoms with van der Waals surface area (Å²) in [5, 5.41) is 19.9. The number of aromatic nitrogens is 1. The molecule has 0 radical (unpaired) electrons. The summed E-state index contributed by atoms with van der Waals surface area (Å²) in [5.41, 5.74) is 0.0261. The number of non-ortho nitro benzene ring substituents is 1. The van der Waals surface area contributed by atoms with E-state index in [-0.39, 0.29) is 23.0 Å². The zero-order chi connectivity index (χ0) is 14.7. The molecule has 0 saturated carbocycles. The molecule has 1 aromatic heterocycles. The van der Waals surface area contributed by atoms with Crippen LogP contribution in [0.3, 0.4) is 0 Å². The Morgan fingerprint density at radius 2 is 1.95 bits per heavy atom. The molecule has 1 heterocycles. The van der Waals surface area contributed by atoms with Gasteiger partial charge in [0, 0.05) is 18.2 Å². The van der Waals surface area contributed by atoms with Gasteiger partial charge in [-0.1, -0.05) is 0 Å². The highest BCUT2D eigenvalue weighted by Crippen LogP contribution is 2.14. The van der Waals surface area contributed by atoms with Crippen molar-refractivity contribution in [2.75, 3.05) is 0 Å². The topological polar surface area (TPSA) is 106 Å². The first-order valence-electron chi connectivity index (χ1n) is 5.60. The van der Waals surface area contributed by atoms with Gasteiger partial charge in [0.1, 0.15) is 0 Å². The molecule has 0 aliphatic carbocycles. The molecule has 0 amide bonds. The molecule has 0 bridgehead atoms. The monoisotopic (exact) mass is 274 g/mol. The lowest BCUT2D eigenvalue weighted by atomic mass is 10.2. The van der Waals surface area contributed by atoms with Crippen LogP contribution in [0.25, 0.3) is 12.2 Å². The highest BCUT2D eigenvalue weighted by atomic mass is 16.6. The summed E-state index contributed by atoms with van der Waals surface area (Å²) in [6.07, 6.45) is 2.95. The van der Waals surface area contributed by atoms with E-state index in [4.69, 9.17) is 4.42 Å². The first-order valence-corrected chi connectivity index (χ1v) is 5.60. The number of nitro groups is 1. The van der Waals surface area contributed by atoms with E-state index in [9.17, 15) is 20.0 Å². The highest BCUT2D eigenvalue weighted by molar-refractivity contribution is 5.66. The van der Waals surface area contributed by atoms with Gasteiger partial charge in [-0.05, 0) is 30.7 Å². The first-order chi connectivity index (χ1) is 9.47. The molecule has 7 heteroatoms. The van der Waals surface area contributed by atoms with E-state index in [0.717, 1.165) is 0 Å². The van der Waals surface area contributed by atoms with Crippen LogP contribution in [0.1, 0.15) is 17.0 Å². The van der Waals surface area contributed by atoms with Crippen molar-refractivity contribution in [2.24, 2.45) is 0 Å². The van der Waals surface area contributed by atoms with Crippen LogP contribution in [0.4, 0.5) is 5.69 Å². The third-order valence-electron chi connectivity index (χ3n) is 2.58. The number of hydrogen-bond acceptors (Lipinski definition) is 6. The summed E-state index contributed by atoms with van der Waals surface area (Å²) in [6.45, 7) is 1.40. The Labute approximate surface area is 113 Å². The third-order valence-corrected chi connectivity index (χ3v) is 2.58. The Morgan fingerprint density at radius 3 is 2.50 bits per heavy atom. The summed E-state index contributed by atoms with van der Waals surface area (Å²) in [7, 11) is 0. The number of aromatic hydroxyl groups is 1. The van der Waals surface area contributed by atoms with E-state index in [1.54, 1.807) is 18.2 Å². The van der Waals surface area contributed by atoms with Gasteiger partial charge in [0.05, 0.1) is 10.5 Å². The number of nitrogens with zero attached hydrogens (tertiary/aromatic N) is 2. The summed E-state index contributed by atoms with van der Waals surface area (Å²) in [6, 6.07) is 5.80. The lowest BCUT2D eigenvalue weighted by Gasteiger charge is -1.97. The van der Waals surface area contributed by atoms with Crippen molar-refractivity contribution < 1.29 is 14.4 Å². The Kier molecular flexibility index (Phi) is 3.60. The summed E-state index contributed by atoms with van der Waals surface area (Å²) in [5.74, 6) is -0.430. The fourth-order valence-electron chi connectivity index (χ4n) is 1.42. The average molecular weight is 274 g/mol. The van der Waals surface area contributed by atoms with Gasteiger partial charge in [-0.25, -0.2) is 4.79 Å². The maximum atomic E-state index is 11.3. The molecule has 2 aromatic rings. The van der Waals surface area contributed by atoms with Crippen LogP contribution < -0.4 is 5.63 Å². The molecule has 102 valence electrons. The van der Waals surface area contributed by atoms with Crippen LogP contribution in [0, 0.1) is 17.0 Å². The fraction of sp³-hybridized carbons (Fsp3) is 0.0769. The minimum absolute atomic E-state index is 0.0141. The quantitative estimate of drug-likeness (QED) is 0.678. The van der Waals surface area contributed by atoms with Crippen LogP contribution >= 0.6 is 0 Å². The lowest BCUT2D eigenvalue weighted by molar-refractivity contribution is -0.384. The van der Waals surface area contributed by atoms with Gasteiger partial charge in [-0.3, -0.25) is 10.1 Å². The molecule has 0 spiro atoms. The number of rotatable bonds is 3. The molecular weight excluding hydrogens is 264 g/mol. The van der Waals surface area contributed by atoms with E-state index in [1.807, 2.05) is 0 Å². The van der Waals surface area contributed by atoms with Crippen LogP contribution in [-0.4, -0.2) is 15.0 Å². The van der Waals surface area contributed by atoms with Crippen molar-refractivity contribution in [3.05, 3.63) is 61.8 Å². The van der Waals surface area contributed by atoms with Gasteiger partial charge in [-0.15, -0.1) is 0 Å². The molecule has 0 saturated heterocycles.